The van der Waals surface area contributed by atoms with Crippen molar-refractivity contribution in [3.05, 3.63) is 237 Å². The van der Waals surface area contributed by atoms with Crippen LogP contribution >= 0.6 is 0 Å². The Hall–Kier alpha value is -7.68. The Labute approximate surface area is 339 Å². The minimum Gasteiger partial charge on any atom is -0.456 e. The van der Waals surface area contributed by atoms with Crippen LogP contribution in [0.5, 0.6) is 0 Å². The number of nitrogens with zero attached hydrogens (tertiary/aromatic N) is 1. The third kappa shape index (κ3) is 6.89. The lowest BCUT2D eigenvalue weighted by atomic mass is 9.89. The molecule has 10 aromatic rings. The maximum Gasteiger partial charge on any atom is 0.135 e. The normalized spacial score (nSPS) is 11.1. The first-order valence-electron chi connectivity index (χ1n) is 19.7. The molecule has 0 saturated heterocycles. The van der Waals surface area contributed by atoms with Gasteiger partial charge in [0.2, 0.25) is 0 Å². The first-order valence-corrected chi connectivity index (χ1v) is 19.7. The number of para-hydroxylation sites is 1. The monoisotopic (exact) mass is 741 g/mol. The van der Waals surface area contributed by atoms with E-state index in [4.69, 9.17) is 4.42 Å². The van der Waals surface area contributed by atoms with Crippen molar-refractivity contribution in [2.75, 3.05) is 4.90 Å². The fourth-order valence-electron chi connectivity index (χ4n) is 8.01. The zero-order valence-electron chi connectivity index (χ0n) is 31.9. The van der Waals surface area contributed by atoms with Gasteiger partial charge in [0, 0.05) is 28.0 Å². The lowest BCUT2D eigenvalue weighted by Crippen LogP contribution is -2.09. The van der Waals surface area contributed by atoms with Gasteiger partial charge in [-0.1, -0.05) is 182 Å². The van der Waals surface area contributed by atoms with Crippen LogP contribution in [-0.2, 0) is 0 Å². The van der Waals surface area contributed by atoms with E-state index in [9.17, 15) is 0 Å². The second kappa shape index (κ2) is 15.5. The summed E-state index contributed by atoms with van der Waals surface area (Å²) in [5.41, 5.74) is 17.1. The van der Waals surface area contributed by atoms with Gasteiger partial charge < -0.3 is 9.32 Å². The van der Waals surface area contributed by atoms with Crippen molar-refractivity contribution < 1.29 is 4.42 Å². The van der Waals surface area contributed by atoms with Gasteiger partial charge in [0.1, 0.15) is 11.3 Å². The van der Waals surface area contributed by atoms with Gasteiger partial charge in [-0.25, -0.2) is 0 Å². The zero-order chi connectivity index (χ0) is 38.7. The summed E-state index contributed by atoms with van der Waals surface area (Å²) in [6, 6.07) is 84.2. The van der Waals surface area contributed by atoms with Crippen LogP contribution in [0.4, 0.5) is 17.1 Å². The number of rotatable bonds is 9. The van der Waals surface area contributed by atoms with E-state index < -0.39 is 0 Å². The molecule has 1 heterocycles. The number of hydrogen-bond donors (Lipinski definition) is 0. The molecular weight excluding hydrogens is 703 g/mol. The van der Waals surface area contributed by atoms with E-state index in [-0.39, 0.29) is 0 Å². The lowest BCUT2D eigenvalue weighted by molar-refractivity contribution is 0.631. The van der Waals surface area contributed by atoms with Gasteiger partial charge in [-0.2, -0.15) is 0 Å². The number of furan rings is 1. The molecule has 0 bridgehead atoms. The molecule has 0 aliphatic heterocycles. The van der Waals surface area contributed by atoms with E-state index >= 15 is 0 Å². The summed E-state index contributed by atoms with van der Waals surface area (Å²) in [6.07, 6.45) is 0. The molecule has 10 rings (SSSR count). The van der Waals surface area contributed by atoms with E-state index in [0.717, 1.165) is 50.5 Å². The molecule has 0 spiro atoms. The Kier molecular flexibility index (Phi) is 9.27. The predicted octanol–water partition coefficient (Wildman–Crippen LogP) is 15.9. The highest BCUT2D eigenvalue weighted by molar-refractivity contribution is 5.92. The molecule has 0 aliphatic rings. The first-order chi connectivity index (χ1) is 28.7. The van der Waals surface area contributed by atoms with Crippen LogP contribution in [0.2, 0.25) is 0 Å². The molecule has 2 nitrogen and oxygen atoms in total. The molecule has 0 fully saturated rings. The second-order valence-electron chi connectivity index (χ2n) is 14.5. The highest BCUT2D eigenvalue weighted by atomic mass is 16.3. The van der Waals surface area contributed by atoms with Gasteiger partial charge in [-0.3, -0.25) is 0 Å². The van der Waals surface area contributed by atoms with Crippen LogP contribution < -0.4 is 4.90 Å². The minimum atomic E-state index is 0.872. The van der Waals surface area contributed by atoms with Gasteiger partial charge in [0.05, 0.1) is 0 Å². The van der Waals surface area contributed by atoms with E-state index in [1.807, 2.05) is 18.2 Å². The quantitative estimate of drug-likeness (QED) is 0.146. The molecule has 9 aromatic carbocycles. The Balaban J connectivity index is 1.01. The molecule has 0 aliphatic carbocycles. The standard InChI is InChI=1S/C56H39NO/c1-3-14-40(15-4-1)41-26-32-48(33-27-41)57(49-34-28-42(29-35-49)45-19-13-20-46(38-45)56-39-47-18-7-12-25-55(47)58-56)50-36-30-44(31-37-50)52-22-9-11-24-54(52)53-23-10-8-21-51(53)43-16-5-2-6-17-43/h1-39H. The second-order valence-corrected chi connectivity index (χ2v) is 14.5. The fourth-order valence-corrected chi connectivity index (χ4v) is 8.01. The molecule has 58 heavy (non-hydrogen) atoms. The summed E-state index contributed by atoms with van der Waals surface area (Å²) in [6.45, 7) is 0. The molecular formula is C56H39NO. The van der Waals surface area contributed by atoms with Gasteiger partial charge in [-0.05, 0) is 110 Å². The Morgan fingerprint density at radius 2 is 0.655 bits per heavy atom. The van der Waals surface area contributed by atoms with E-state index in [1.165, 1.54) is 44.5 Å². The van der Waals surface area contributed by atoms with Crippen LogP contribution in [0.3, 0.4) is 0 Å². The van der Waals surface area contributed by atoms with Crippen molar-refractivity contribution in [2.45, 2.75) is 0 Å². The van der Waals surface area contributed by atoms with Crippen LogP contribution in [0, 0.1) is 0 Å². The van der Waals surface area contributed by atoms with Crippen molar-refractivity contribution in [2.24, 2.45) is 0 Å². The van der Waals surface area contributed by atoms with Gasteiger partial charge in [0.25, 0.3) is 0 Å². The molecule has 0 N–H and O–H groups in total. The molecule has 0 radical (unpaired) electrons. The van der Waals surface area contributed by atoms with Crippen molar-refractivity contribution in [1.29, 1.82) is 0 Å². The third-order valence-electron chi connectivity index (χ3n) is 10.9. The highest BCUT2D eigenvalue weighted by Gasteiger charge is 2.16. The third-order valence-corrected chi connectivity index (χ3v) is 10.9. The molecule has 1 aromatic heterocycles. The summed E-state index contributed by atoms with van der Waals surface area (Å²) in [4.78, 5) is 2.34. The molecule has 2 heteroatoms. The lowest BCUT2D eigenvalue weighted by Gasteiger charge is -2.26. The fraction of sp³-hybridized carbons (Fsp3) is 0. The number of benzene rings is 9. The largest absolute Gasteiger partial charge is 0.456 e. The topological polar surface area (TPSA) is 16.4 Å². The predicted molar refractivity (Wildman–Crippen MR) is 244 cm³/mol. The van der Waals surface area contributed by atoms with E-state index in [2.05, 4.69) is 223 Å². The maximum atomic E-state index is 6.21. The smallest absolute Gasteiger partial charge is 0.135 e. The summed E-state index contributed by atoms with van der Waals surface area (Å²) in [5, 5.41) is 1.11. The van der Waals surface area contributed by atoms with Crippen LogP contribution in [0.25, 0.3) is 77.9 Å². The average molecular weight is 742 g/mol. The van der Waals surface area contributed by atoms with E-state index in [0.29, 0.717) is 0 Å². The van der Waals surface area contributed by atoms with Crippen molar-refractivity contribution in [3.63, 3.8) is 0 Å². The average Bonchev–Trinajstić information content (AvgIpc) is 3.75. The van der Waals surface area contributed by atoms with Crippen LogP contribution in [-0.4, -0.2) is 0 Å². The van der Waals surface area contributed by atoms with Gasteiger partial charge in [-0.15, -0.1) is 0 Å². The minimum absolute atomic E-state index is 0.872. The van der Waals surface area contributed by atoms with Gasteiger partial charge >= 0.3 is 0 Å². The van der Waals surface area contributed by atoms with Crippen molar-refractivity contribution >= 4 is 28.0 Å². The Bertz CT molecular complexity index is 2930. The van der Waals surface area contributed by atoms with Crippen LogP contribution in [0.15, 0.2) is 241 Å². The first kappa shape index (κ1) is 34.8. The molecule has 0 atom stereocenters. The van der Waals surface area contributed by atoms with Crippen LogP contribution in [0.1, 0.15) is 0 Å². The number of fused-ring (bicyclic) bond motifs is 1. The Morgan fingerprint density at radius 3 is 1.22 bits per heavy atom. The molecule has 0 amide bonds. The zero-order valence-corrected chi connectivity index (χ0v) is 31.9. The number of hydrogen-bond acceptors (Lipinski definition) is 2. The van der Waals surface area contributed by atoms with Crippen molar-refractivity contribution in [3.8, 4) is 67.0 Å². The molecule has 0 unspecified atom stereocenters. The number of anilines is 3. The Morgan fingerprint density at radius 1 is 0.259 bits per heavy atom. The maximum absolute atomic E-state index is 6.21. The summed E-state index contributed by atoms with van der Waals surface area (Å²) in [5.74, 6) is 0.872. The summed E-state index contributed by atoms with van der Waals surface area (Å²) in [7, 11) is 0. The van der Waals surface area contributed by atoms with Crippen molar-refractivity contribution in [1.82, 2.24) is 0 Å². The molecule has 0 saturated carbocycles. The summed E-state index contributed by atoms with van der Waals surface area (Å²) >= 11 is 0. The summed E-state index contributed by atoms with van der Waals surface area (Å²) < 4.78 is 6.21. The highest BCUT2D eigenvalue weighted by Crippen LogP contribution is 2.41. The van der Waals surface area contributed by atoms with E-state index in [1.54, 1.807) is 0 Å². The van der Waals surface area contributed by atoms with Gasteiger partial charge in [0.15, 0.2) is 0 Å². The molecule has 274 valence electrons. The SMILES string of the molecule is c1ccc(-c2ccc(N(c3ccc(-c4cccc(-c5cc6ccccc6o5)c4)cc3)c3ccc(-c4ccccc4-c4ccccc4-c4ccccc4)cc3)cc2)cc1.